The summed E-state index contributed by atoms with van der Waals surface area (Å²) in [5.74, 6) is 0.702. The highest BCUT2D eigenvalue weighted by Gasteiger charge is 2.32. The molecule has 0 saturated carbocycles. The summed E-state index contributed by atoms with van der Waals surface area (Å²) >= 11 is 6.30. The molecule has 0 unspecified atom stereocenters. The molecule has 3 aromatic carbocycles. The number of carbonyl (C=O) groups is 2. The fourth-order valence-electron chi connectivity index (χ4n) is 4.19. The van der Waals surface area contributed by atoms with E-state index >= 15 is 0 Å². The molecule has 6 nitrogen and oxygen atoms in total. The molecule has 1 N–H and O–H groups in total. The number of aryl methyl sites for hydroxylation is 2. The Kier molecular flexibility index (Phi) is 9.81. The van der Waals surface area contributed by atoms with E-state index in [2.05, 4.69) is 5.32 Å². The van der Waals surface area contributed by atoms with Crippen molar-refractivity contribution in [3.05, 3.63) is 94.0 Å². The average molecular weight is 537 g/mol. The summed E-state index contributed by atoms with van der Waals surface area (Å²) in [6.45, 7) is 9.55. The Hall–Kier alpha value is -3.51. The standard InChI is InChI=1S/C31H37ClN2O4/c1-21-15-26(16-22(2)29(21)32)38-20-28(35)34(19-24-13-10-14-25(17-24)37-6)27(30(36)33-31(3,4)5)18-23-11-8-7-9-12-23/h7-17,27H,18-20H2,1-6H3,(H,33,36)/t27-/m0/s1. The SMILES string of the molecule is COc1cccc(CN(C(=O)COc2cc(C)c(Cl)c(C)c2)[C@@H](Cc2ccccc2)C(=O)NC(C)(C)C)c1. The lowest BCUT2D eigenvalue weighted by Crippen LogP contribution is -2.55. The molecule has 0 aliphatic carbocycles. The van der Waals surface area contributed by atoms with Crippen LogP contribution in [-0.2, 0) is 22.6 Å². The molecule has 0 aliphatic heterocycles. The van der Waals surface area contributed by atoms with Crippen LogP contribution in [0.4, 0.5) is 0 Å². The van der Waals surface area contributed by atoms with E-state index in [0.717, 1.165) is 22.3 Å². The molecule has 0 fully saturated rings. The number of methoxy groups -OCH3 is 1. The Morgan fingerprint density at radius 1 is 0.921 bits per heavy atom. The molecule has 202 valence electrons. The topological polar surface area (TPSA) is 67.9 Å². The summed E-state index contributed by atoms with van der Waals surface area (Å²) in [5, 5.41) is 3.74. The van der Waals surface area contributed by atoms with Gasteiger partial charge in [0.1, 0.15) is 17.5 Å². The minimum absolute atomic E-state index is 0.215. The summed E-state index contributed by atoms with van der Waals surface area (Å²) in [6.07, 6.45) is 0.359. The minimum atomic E-state index is -0.757. The Labute approximate surface area is 230 Å². The summed E-state index contributed by atoms with van der Waals surface area (Å²) in [7, 11) is 1.60. The Balaban J connectivity index is 1.96. The van der Waals surface area contributed by atoms with Gasteiger partial charge in [0.25, 0.3) is 5.91 Å². The zero-order chi connectivity index (χ0) is 27.9. The third kappa shape index (κ3) is 8.25. The second-order valence-electron chi connectivity index (χ2n) is 10.5. The van der Waals surface area contributed by atoms with Crippen molar-refractivity contribution in [2.75, 3.05) is 13.7 Å². The van der Waals surface area contributed by atoms with Crippen LogP contribution in [0.2, 0.25) is 5.02 Å². The van der Waals surface area contributed by atoms with Crippen molar-refractivity contribution in [3.63, 3.8) is 0 Å². The first kappa shape index (κ1) is 29.1. The second-order valence-corrected chi connectivity index (χ2v) is 10.9. The van der Waals surface area contributed by atoms with Gasteiger partial charge < -0.3 is 19.7 Å². The number of ether oxygens (including phenoxy) is 2. The smallest absolute Gasteiger partial charge is 0.261 e. The van der Waals surface area contributed by atoms with Gasteiger partial charge in [-0.1, -0.05) is 54.1 Å². The molecule has 3 aromatic rings. The van der Waals surface area contributed by atoms with Crippen LogP contribution in [0.25, 0.3) is 0 Å². The van der Waals surface area contributed by atoms with Gasteiger partial charge in [-0.3, -0.25) is 9.59 Å². The molecule has 38 heavy (non-hydrogen) atoms. The van der Waals surface area contributed by atoms with E-state index in [-0.39, 0.29) is 25.0 Å². The van der Waals surface area contributed by atoms with E-state index in [0.29, 0.717) is 22.9 Å². The van der Waals surface area contributed by atoms with Crippen LogP contribution in [0.5, 0.6) is 11.5 Å². The van der Waals surface area contributed by atoms with Crippen LogP contribution >= 0.6 is 11.6 Å². The number of rotatable bonds is 10. The van der Waals surface area contributed by atoms with Gasteiger partial charge in [-0.05, 0) is 81.1 Å². The highest BCUT2D eigenvalue weighted by Crippen LogP contribution is 2.26. The van der Waals surface area contributed by atoms with Crippen LogP contribution < -0.4 is 14.8 Å². The molecule has 0 aromatic heterocycles. The van der Waals surface area contributed by atoms with E-state index in [1.165, 1.54) is 0 Å². The van der Waals surface area contributed by atoms with Gasteiger partial charge in [-0.25, -0.2) is 0 Å². The van der Waals surface area contributed by atoms with Crippen molar-refractivity contribution >= 4 is 23.4 Å². The maximum atomic E-state index is 13.8. The Morgan fingerprint density at radius 2 is 1.55 bits per heavy atom. The molecular formula is C31H37ClN2O4. The Morgan fingerprint density at radius 3 is 2.16 bits per heavy atom. The van der Waals surface area contributed by atoms with Crippen molar-refractivity contribution in [1.29, 1.82) is 0 Å². The van der Waals surface area contributed by atoms with E-state index in [9.17, 15) is 9.59 Å². The summed E-state index contributed by atoms with van der Waals surface area (Å²) in [4.78, 5) is 29.0. The van der Waals surface area contributed by atoms with Crippen molar-refractivity contribution < 1.29 is 19.1 Å². The number of benzene rings is 3. The van der Waals surface area contributed by atoms with Crippen molar-refractivity contribution in [2.24, 2.45) is 0 Å². The van der Waals surface area contributed by atoms with Crippen LogP contribution in [0.3, 0.4) is 0 Å². The molecule has 0 radical (unpaired) electrons. The zero-order valence-corrected chi connectivity index (χ0v) is 23.8. The monoisotopic (exact) mass is 536 g/mol. The van der Waals surface area contributed by atoms with Gasteiger partial charge in [0.2, 0.25) is 5.91 Å². The first-order chi connectivity index (χ1) is 18.0. The molecule has 2 amide bonds. The largest absolute Gasteiger partial charge is 0.497 e. The molecule has 3 rings (SSSR count). The fraction of sp³-hybridized carbons (Fsp3) is 0.355. The maximum Gasteiger partial charge on any atom is 0.261 e. The van der Waals surface area contributed by atoms with Gasteiger partial charge in [0.05, 0.1) is 7.11 Å². The molecule has 0 spiro atoms. The highest BCUT2D eigenvalue weighted by atomic mass is 35.5. The lowest BCUT2D eigenvalue weighted by atomic mass is 10.0. The Bertz CT molecular complexity index is 1230. The third-order valence-corrected chi connectivity index (χ3v) is 6.62. The number of hydrogen-bond donors (Lipinski definition) is 1. The van der Waals surface area contributed by atoms with Gasteiger partial charge in [0.15, 0.2) is 6.61 Å². The normalized spacial score (nSPS) is 12.0. The average Bonchev–Trinajstić information content (AvgIpc) is 2.87. The first-order valence-electron chi connectivity index (χ1n) is 12.6. The van der Waals surface area contributed by atoms with Crippen LogP contribution in [0, 0.1) is 13.8 Å². The number of halogens is 1. The van der Waals surface area contributed by atoms with Crippen molar-refractivity contribution in [2.45, 2.75) is 59.2 Å². The molecular weight excluding hydrogens is 500 g/mol. The number of carbonyl (C=O) groups excluding carboxylic acids is 2. The fourth-order valence-corrected chi connectivity index (χ4v) is 4.30. The maximum absolute atomic E-state index is 13.8. The minimum Gasteiger partial charge on any atom is -0.497 e. The molecule has 0 bridgehead atoms. The quantitative estimate of drug-likeness (QED) is 0.350. The highest BCUT2D eigenvalue weighted by molar-refractivity contribution is 6.32. The summed E-state index contributed by atoms with van der Waals surface area (Å²) in [5.41, 5.74) is 3.07. The van der Waals surface area contributed by atoms with E-state index in [1.807, 2.05) is 101 Å². The van der Waals surface area contributed by atoms with Crippen molar-refractivity contribution in [1.82, 2.24) is 10.2 Å². The van der Waals surface area contributed by atoms with Crippen LogP contribution in [-0.4, -0.2) is 42.0 Å². The number of amides is 2. The van der Waals surface area contributed by atoms with Crippen molar-refractivity contribution in [3.8, 4) is 11.5 Å². The summed E-state index contributed by atoms with van der Waals surface area (Å²) < 4.78 is 11.3. The van der Waals surface area contributed by atoms with E-state index in [4.69, 9.17) is 21.1 Å². The number of nitrogens with one attached hydrogen (secondary N) is 1. The number of hydrogen-bond acceptors (Lipinski definition) is 4. The van der Waals surface area contributed by atoms with Gasteiger partial charge in [-0.15, -0.1) is 0 Å². The lowest BCUT2D eigenvalue weighted by Gasteiger charge is -2.33. The predicted octanol–water partition coefficient (Wildman–Crippen LogP) is 5.90. The molecule has 0 aliphatic rings. The molecule has 0 heterocycles. The molecule has 0 saturated heterocycles. The van der Waals surface area contributed by atoms with Crippen LogP contribution in [0.1, 0.15) is 43.0 Å². The van der Waals surface area contributed by atoms with Crippen LogP contribution in [0.15, 0.2) is 66.7 Å². The van der Waals surface area contributed by atoms with E-state index in [1.54, 1.807) is 12.0 Å². The second kappa shape index (κ2) is 12.8. The molecule has 1 atom stereocenters. The predicted molar refractivity (Wildman–Crippen MR) is 152 cm³/mol. The molecule has 7 heteroatoms. The van der Waals surface area contributed by atoms with Gasteiger partial charge in [0, 0.05) is 23.5 Å². The zero-order valence-electron chi connectivity index (χ0n) is 23.0. The summed E-state index contributed by atoms with van der Waals surface area (Å²) in [6, 6.07) is 20.1. The lowest BCUT2D eigenvalue weighted by molar-refractivity contribution is -0.143. The first-order valence-corrected chi connectivity index (χ1v) is 13.0. The number of nitrogens with zero attached hydrogens (tertiary/aromatic N) is 1. The van der Waals surface area contributed by atoms with Gasteiger partial charge in [-0.2, -0.15) is 0 Å². The van der Waals surface area contributed by atoms with Gasteiger partial charge >= 0.3 is 0 Å². The third-order valence-electron chi connectivity index (χ3n) is 6.03. The van der Waals surface area contributed by atoms with E-state index < -0.39 is 11.6 Å².